The van der Waals surface area contributed by atoms with Crippen molar-refractivity contribution in [1.82, 2.24) is 19.4 Å². The standard InChI is InChI=1S/C21H27N5O2S/c1-6-25-15(9-10-22-25)18(27)24-26-12(2)23-19-17(20(26)28)14-8-7-13(21(3,4)5)11-16(14)29-19/h9-10,13H,6-8,11H2,1-5H3,(H,24,27)/t13-/m0/s1. The van der Waals surface area contributed by atoms with E-state index in [4.69, 9.17) is 0 Å². The van der Waals surface area contributed by atoms with E-state index in [-0.39, 0.29) is 16.9 Å². The maximum absolute atomic E-state index is 13.3. The number of nitrogens with zero attached hydrogens (tertiary/aromatic N) is 4. The second-order valence-electron chi connectivity index (χ2n) is 8.76. The number of carbonyl (C=O) groups excluding carboxylic acids is 1. The number of rotatable bonds is 3. The van der Waals surface area contributed by atoms with Crippen molar-refractivity contribution in [2.45, 2.75) is 60.4 Å². The lowest BCUT2D eigenvalue weighted by Gasteiger charge is -2.33. The van der Waals surface area contributed by atoms with Crippen molar-refractivity contribution in [2.24, 2.45) is 11.3 Å². The minimum Gasteiger partial charge on any atom is -0.267 e. The zero-order chi connectivity index (χ0) is 20.9. The first-order chi connectivity index (χ1) is 13.7. The monoisotopic (exact) mass is 413 g/mol. The van der Waals surface area contributed by atoms with Crippen LogP contribution in [0.15, 0.2) is 17.1 Å². The SMILES string of the molecule is CCn1nccc1C(=O)Nn1c(C)nc2sc3c(c2c1=O)CC[C@H](C(C)(C)C)C3. The molecule has 4 rings (SSSR count). The van der Waals surface area contributed by atoms with Crippen molar-refractivity contribution in [3.8, 4) is 0 Å². The summed E-state index contributed by atoms with van der Waals surface area (Å²) in [6, 6.07) is 1.64. The molecular formula is C21H27N5O2S. The summed E-state index contributed by atoms with van der Waals surface area (Å²) in [5.74, 6) is 0.706. The van der Waals surface area contributed by atoms with E-state index in [2.05, 4.69) is 36.3 Å². The van der Waals surface area contributed by atoms with E-state index in [1.54, 1.807) is 35.2 Å². The van der Waals surface area contributed by atoms with Gasteiger partial charge >= 0.3 is 0 Å². The molecule has 3 heterocycles. The van der Waals surface area contributed by atoms with Gasteiger partial charge in [-0.05, 0) is 56.1 Å². The fourth-order valence-corrected chi connectivity index (χ4v) is 5.47. The second kappa shape index (κ2) is 7.09. The molecule has 0 aliphatic heterocycles. The minimum atomic E-state index is -0.368. The van der Waals surface area contributed by atoms with Crippen LogP contribution in [0, 0.1) is 18.3 Å². The number of nitrogens with one attached hydrogen (secondary N) is 1. The van der Waals surface area contributed by atoms with Gasteiger partial charge in [0.1, 0.15) is 16.3 Å². The Kier molecular flexibility index (Phi) is 4.85. The third-order valence-corrected chi connectivity index (χ3v) is 7.09. The predicted octanol–water partition coefficient (Wildman–Crippen LogP) is 3.52. The topological polar surface area (TPSA) is 81.8 Å². The Bertz CT molecular complexity index is 1150. The summed E-state index contributed by atoms with van der Waals surface area (Å²) in [7, 11) is 0. The van der Waals surface area contributed by atoms with E-state index < -0.39 is 0 Å². The first kappa shape index (κ1) is 19.8. The quantitative estimate of drug-likeness (QED) is 0.712. The largest absolute Gasteiger partial charge is 0.288 e. The Balaban J connectivity index is 1.74. The molecule has 1 atom stereocenters. The van der Waals surface area contributed by atoms with Gasteiger partial charge in [-0.2, -0.15) is 5.10 Å². The smallest absolute Gasteiger partial charge is 0.267 e. The summed E-state index contributed by atoms with van der Waals surface area (Å²) in [5, 5.41) is 4.78. The van der Waals surface area contributed by atoms with Gasteiger partial charge in [0.25, 0.3) is 11.5 Å². The van der Waals surface area contributed by atoms with Crippen LogP contribution in [0.1, 0.15) is 60.9 Å². The van der Waals surface area contributed by atoms with Crippen LogP contribution in [0.25, 0.3) is 10.2 Å². The second-order valence-corrected chi connectivity index (χ2v) is 9.85. The van der Waals surface area contributed by atoms with Gasteiger partial charge in [-0.25, -0.2) is 9.66 Å². The first-order valence-electron chi connectivity index (χ1n) is 10.1. The molecule has 0 unspecified atom stereocenters. The number of hydrogen-bond acceptors (Lipinski definition) is 5. The van der Waals surface area contributed by atoms with Gasteiger partial charge in [-0.3, -0.25) is 19.7 Å². The Morgan fingerprint density at radius 1 is 1.38 bits per heavy atom. The molecule has 1 aliphatic rings. The molecule has 3 aromatic heterocycles. The summed E-state index contributed by atoms with van der Waals surface area (Å²) < 4.78 is 2.88. The van der Waals surface area contributed by atoms with E-state index in [0.29, 0.717) is 29.4 Å². The molecule has 0 aromatic carbocycles. The fraction of sp³-hybridized carbons (Fsp3) is 0.524. The Morgan fingerprint density at radius 2 is 2.14 bits per heavy atom. The van der Waals surface area contributed by atoms with Crippen LogP contribution in [0.2, 0.25) is 0 Å². The zero-order valence-corrected chi connectivity index (χ0v) is 18.4. The van der Waals surface area contributed by atoms with Crippen molar-refractivity contribution in [3.63, 3.8) is 0 Å². The third-order valence-electron chi connectivity index (χ3n) is 5.94. The van der Waals surface area contributed by atoms with Gasteiger partial charge in [0.15, 0.2) is 0 Å². The van der Waals surface area contributed by atoms with Crippen LogP contribution < -0.4 is 11.0 Å². The highest BCUT2D eigenvalue weighted by molar-refractivity contribution is 7.18. The molecule has 1 aliphatic carbocycles. The molecule has 0 saturated heterocycles. The highest BCUT2D eigenvalue weighted by Crippen LogP contribution is 2.42. The molecule has 0 radical (unpaired) electrons. The number of aryl methyl sites for hydroxylation is 3. The summed E-state index contributed by atoms with van der Waals surface area (Å²) >= 11 is 1.63. The van der Waals surface area contributed by atoms with Gasteiger partial charge in [0.2, 0.25) is 0 Å². The highest BCUT2D eigenvalue weighted by Gasteiger charge is 2.32. The molecule has 154 valence electrons. The highest BCUT2D eigenvalue weighted by atomic mass is 32.1. The first-order valence-corrected chi connectivity index (χ1v) is 10.9. The number of carbonyl (C=O) groups is 1. The Hall–Kier alpha value is -2.48. The molecule has 1 N–H and O–H groups in total. The molecule has 0 bridgehead atoms. The molecule has 29 heavy (non-hydrogen) atoms. The molecule has 1 amide bonds. The van der Waals surface area contributed by atoms with Crippen LogP contribution in [-0.2, 0) is 19.4 Å². The molecule has 3 aromatic rings. The van der Waals surface area contributed by atoms with Gasteiger partial charge in [-0.1, -0.05) is 20.8 Å². The number of hydrogen-bond donors (Lipinski definition) is 1. The van der Waals surface area contributed by atoms with Crippen LogP contribution in [0.3, 0.4) is 0 Å². The molecule has 7 nitrogen and oxygen atoms in total. The molecule has 0 saturated carbocycles. The van der Waals surface area contributed by atoms with Crippen LogP contribution in [0.4, 0.5) is 0 Å². The molecule has 0 spiro atoms. The van der Waals surface area contributed by atoms with E-state index >= 15 is 0 Å². The van der Waals surface area contributed by atoms with Crippen LogP contribution in [-0.4, -0.2) is 25.3 Å². The lowest BCUT2D eigenvalue weighted by Crippen LogP contribution is -2.36. The van der Waals surface area contributed by atoms with Gasteiger partial charge in [0, 0.05) is 17.6 Å². The lowest BCUT2D eigenvalue weighted by molar-refractivity contribution is 0.0996. The molecule has 0 fully saturated rings. The summed E-state index contributed by atoms with van der Waals surface area (Å²) in [4.78, 5) is 32.7. The average molecular weight is 414 g/mol. The summed E-state index contributed by atoms with van der Waals surface area (Å²) in [5.41, 5.74) is 4.30. The number of amides is 1. The van der Waals surface area contributed by atoms with E-state index in [9.17, 15) is 9.59 Å². The summed E-state index contributed by atoms with van der Waals surface area (Å²) in [6.45, 7) is 11.1. The normalized spacial score (nSPS) is 16.8. The third kappa shape index (κ3) is 3.39. The lowest BCUT2D eigenvalue weighted by atomic mass is 9.72. The maximum Gasteiger partial charge on any atom is 0.288 e. The number of aromatic nitrogens is 4. The predicted molar refractivity (Wildman–Crippen MR) is 115 cm³/mol. The Labute approximate surface area is 173 Å². The van der Waals surface area contributed by atoms with Crippen LogP contribution in [0.5, 0.6) is 0 Å². The zero-order valence-electron chi connectivity index (χ0n) is 17.6. The minimum absolute atomic E-state index is 0.199. The average Bonchev–Trinajstić information content (AvgIpc) is 3.27. The van der Waals surface area contributed by atoms with E-state index in [1.807, 2.05) is 6.92 Å². The molecular weight excluding hydrogens is 386 g/mol. The van der Waals surface area contributed by atoms with Crippen molar-refractivity contribution >= 4 is 27.5 Å². The maximum atomic E-state index is 13.3. The fourth-order valence-electron chi connectivity index (χ4n) is 4.13. The van der Waals surface area contributed by atoms with Crippen LogP contribution >= 0.6 is 11.3 Å². The van der Waals surface area contributed by atoms with Gasteiger partial charge in [-0.15, -0.1) is 11.3 Å². The van der Waals surface area contributed by atoms with Gasteiger partial charge < -0.3 is 0 Å². The summed E-state index contributed by atoms with van der Waals surface area (Å²) in [6.07, 6.45) is 4.52. The van der Waals surface area contributed by atoms with E-state index in [0.717, 1.165) is 29.7 Å². The van der Waals surface area contributed by atoms with E-state index in [1.165, 1.54) is 9.55 Å². The molecule has 8 heteroatoms. The van der Waals surface area contributed by atoms with Crippen molar-refractivity contribution < 1.29 is 4.79 Å². The number of thiophene rings is 1. The Morgan fingerprint density at radius 3 is 2.83 bits per heavy atom. The van der Waals surface area contributed by atoms with Crippen molar-refractivity contribution in [1.29, 1.82) is 0 Å². The van der Waals surface area contributed by atoms with Crippen molar-refractivity contribution in [2.75, 3.05) is 5.43 Å². The van der Waals surface area contributed by atoms with Crippen molar-refractivity contribution in [3.05, 3.63) is 44.6 Å². The number of fused-ring (bicyclic) bond motifs is 3. The van der Waals surface area contributed by atoms with Gasteiger partial charge in [0.05, 0.1) is 5.39 Å².